The van der Waals surface area contributed by atoms with Crippen LogP contribution in [0.15, 0.2) is 85.2 Å². The fourth-order valence-electron chi connectivity index (χ4n) is 6.23. The first-order valence-electron chi connectivity index (χ1n) is 15.2. The van der Waals surface area contributed by atoms with E-state index in [9.17, 15) is 14.0 Å². The summed E-state index contributed by atoms with van der Waals surface area (Å²) in [5, 5.41) is 5.26. The van der Waals surface area contributed by atoms with E-state index in [0.717, 1.165) is 62.6 Å². The molecule has 0 radical (unpaired) electrons. The maximum Gasteiger partial charge on any atom is 0.234 e. The quantitative estimate of drug-likeness (QED) is 0.187. The van der Waals surface area contributed by atoms with Gasteiger partial charge in [0, 0.05) is 72.9 Å². The predicted molar refractivity (Wildman–Crippen MR) is 173 cm³/mol. The Labute approximate surface area is 256 Å². The minimum absolute atomic E-state index is 0.0303. The smallest absolute Gasteiger partial charge is 0.234 e. The molecule has 7 nitrogen and oxygen atoms in total. The number of carbonyl (C=O) groups excluding carboxylic acids is 2. The third-order valence-electron chi connectivity index (χ3n) is 8.67. The second-order valence-corrected chi connectivity index (χ2v) is 11.8. The van der Waals surface area contributed by atoms with Crippen molar-refractivity contribution in [1.82, 2.24) is 25.1 Å². The molecule has 0 saturated heterocycles. The number of aromatic nitrogens is 2. The molecule has 3 heterocycles. The Bertz CT molecular complexity index is 1840. The van der Waals surface area contributed by atoms with Gasteiger partial charge in [0.25, 0.3) is 0 Å². The number of para-hydroxylation sites is 1. The fourth-order valence-corrected chi connectivity index (χ4v) is 6.23. The molecule has 1 atom stereocenters. The van der Waals surface area contributed by atoms with E-state index < -0.39 is 0 Å². The lowest BCUT2D eigenvalue weighted by molar-refractivity contribution is -0.131. The van der Waals surface area contributed by atoms with Gasteiger partial charge in [-0.3, -0.25) is 14.5 Å². The van der Waals surface area contributed by atoms with Gasteiger partial charge >= 0.3 is 0 Å². The zero-order valence-corrected chi connectivity index (χ0v) is 25.2. The van der Waals surface area contributed by atoms with Gasteiger partial charge in [0.15, 0.2) is 0 Å². The Morgan fingerprint density at radius 3 is 2.55 bits per heavy atom. The maximum absolute atomic E-state index is 13.9. The number of carbonyl (C=O) groups is 2. The third-order valence-corrected chi connectivity index (χ3v) is 8.67. The molecule has 0 spiro atoms. The van der Waals surface area contributed by atoms with E-state index in [-0.39, 0.29) is 30.2 Å². The Kier molecular flexibility index (Phi) is 8.61. The standard InChI is InChI=1S/C36H38FN5O2/c1-24-7-3-4-8-27(24)21-42(25(2)43)22-30(17-28-19-38-34-10-6-5-9-31(28)34)40-36(44)23-41-15-13-26(14-16-41)33-20-39-35-12-11-29(37)18-32(33)35/h3-13,18-20,30,38-39H,14-17,21-23H2,1-2H3,(H,40,44). The Morgan fingerprint density at radius 1 is 0.977 bits per heavy atom. The van der Waals surface area contributed by atoms with Crippen LogP contribution >= 0.6 is 0 Å². The highest BCUT2D eigenvalue weighted by atomic mass is 19.1. The van der Waals surface area contributed by atoms with Crippen molar-refractivity contribution >= 4 is 39.2 Å². The molecule has 0 bridgehead atoms. The number of nitrogens with one attached hydrogen (secondary N) is 3. The van der Waals surface area contributed by atoms with E-state index in [1.165, 1.54) is 6.07 Å². The summed E-state index contributed by atoms with van der Waals surface area (Å²) < 4.78 is 13.9. The van der Waals surface area contributed by atoms with Crippen molar-refractivity contribution < 1.29 is 14.0 Å². The van der Waals surface area contributed by atoms with Crippen LogP contribution in [0.1, 0.15) is 35.6 Å². The summed E-state index contributed by atoms with van der Waals surface area (Å²) in [7, 11) is 0. The molecule has 2 amide bonds. The van der Waals surface area contributed by atoms with Crippen molar-refractivity contribution in [2.45, 2.75) is 39.3 Å². The molecule has 6 rings (SSSR count). The second-order valence-electron chi connectivity index (χ2n) is 11.8. The lowest BCUT2D eigenvalue weighted by atomic mass is 9.99. The molecule has 1 aliphatic rings. The number of rotatable bonds is 10. The fraction of sp³-hybridized carbons (Fsp3) is 0.278. The topological polar surface area (TPSA) is 84.2 Å². The monoisotopic (exact) mass is 591 g/mol. The van der Waals surface area contributed by atoms with Crippen molar-refractivity contribution in [1.29, 1.82) is 0 Å². The molecule has 226 valence electrons. The number of hydrogen-bond acceptors (Lipinski definition) is 3. The zero-order chi connectivity index (χ0) is 30.6. The highest BCUT2D eigenvalue weighted by Gasteiger charge is 2.23. The summed E-state index contributed by atoms with van der Waals surface area (Å²) in [6.45, 7) is 6.13. The van der Waals surface area contributed by atoms with Gasteiger partial charge in [-0.15, -0.1) is 0 Å². The van der Waals surface area contributed by atoms with Crippen molar-refractivity contribution in [3.63, 3.8) is 0 Å². The number of aromatic amines is 2. The molecular weight excluding hydrogens is 553 g/mol. The number of amides is 2. The van der Waals surface area contributed by atoms with Crippen LogP contribution in [0, 0.1) is 12.7 Å². The van der Waals surface area contributed by atoms with Crippen LogP contribution in [0.4, 0.5) is 4.39 Å². The molecule has 1 aliphatic heterocycles. The van der Waals surface area contributed by atoms with Gasteiger partial charge in [0.1, 0.15) is 5.82 Å². The van der Waals surface area contributed by atoms with E-state index >= 15 is 0 Å². The predicted octanol–water partition coefficient (Wildman–Crippen LogP) is 5.96. The van der Waals surface area contributed by atoms with Gasteiger partial charge in [0.2, 0.25) is 11.8 Å². The normalized spacial score (nSPS) is 14.5. The Morgan fingerprint density at radius 2 is 1.75 bits per heavy atom. The largest absolute Gasteiger partial charge is 0.361 e. The number of halogens is 1. The number of hydrogen-bond donors (Lipinski definition) is 3. The van der Waals surface area contributed by atoms with E-state index in [1.807, 2.05) is 66.7 Å². The van der Waals surface area contributed by atoms with E-state index in [2.05, 4.69) is 32.3 Å². The number of H-pyrrole nitrogens is 2. The molecule has 1 unspecified atom stereocenters. The average molecular weight is 592 g/mol. The summed E-state index contributed by atoms with van der Waals surface area (Å²) in [4.78, 5) is 36.8. The van der Waals surface area contributed by atoms with Gasteiger partial charge < -0.3 is 20.2 Å². The van der Waals surface area contributed by atoms with Crippen molar-refractivity contribution in [3.05, 3.63) is 113 Å². The summed E-state index contributed by atoms with van der Waals surface area (Å²) in [6.07, 6.45) is 7.42. The highest BCUT2D eigenvalue weighted by Crippen LogP contribution is 2.30. The first kappa shape index (κ1) is 29.4. The molecule has 44 heavy (non-hydrogen) atoms. The van der Waals surface area contributed by atoms with Gasteiger partial charge in [-0.2, -0.15) is 0 Å². The molecule has 8 heteroatoms. The van der Waals surface area contributed by atoms with Crippen LogP contribution in [-0.2, 0) is 22.6 Å². The van der Waals surface area contributed by atoms with Crippen LogP contribution in [0.5, 0.6) is 0 Å². The molecule has 0 aliphatic carbocycles. The summed E-state index contributed by atoms with van der Waals surface area (Å²) >= 11 is 0. The van der Waals surface area contributed by atoms with Crippen LogP contribution in [-0.4, -0.2) is 63.8 Å². The highest BCUT2D eigenvalue weighted by molar-refractivity contribution is 5.93. The number of nitrogens with zero attached hydrogens (tertiary/aromatic N) is 2. The summed E-state index contributed by atoms with van der Waals surface area (Å²) in [5.74, 6) is -0.352. The molecule has 5 aromatic rings. The second kappa shape index (κ2) is 12.9. The average Bonchev–Trinajstić information content (AvgIpc) is 3.62. The van der Waals surface area contributed by atoms with Gasteiger partial charge in [-0.1, -0.05) is 48.5 Å². The summed E-state index contributed by atoms with van der Waals surface area (Å²) in [5.41, 5.74) is 7.45. The van der Waals surface area contributed by atoms with Crippen LogP contribution in [0.3, 0.4) is 0 Å². The van der Waals surface area contributed by atoms with Gasteiger partial charge in [-0.25, -0.2) is 4.39 Å². The minimum Gasteiger partial charge on any atom is -0.361 e. The molecule has 0 saturated carbocycles. The van der Waals surface area contributed by atoms with Crippen molar-refractivity contribution in [3.8, 4) is 0 Å². The lowest BCUT2D eigenvalue weighted by Gasteiger charge is -2.30. The SMILES string of the molecule is CC(=O)N(Cc1ccccc1C)CC(Cc1c[nH]c2ccccc12)NC(=O)CN1CC=C(c2c[nH]c3ccc(F)cc23)CC1. The van der Waals surface area contributed by atoms with E-state index in [1.54, 1.807) is 19.1 Å². The molecule has 3 aromatic carbocycles. The van der Waals surface area contributed by atoms with E-state index in [0.29, 0.717) is 26.1 Å². The first-order valence-corrected chi connectivity index (χ1v) is 15.2. The third kappa shape index (κ3) is 6.60. The number of benzene rings is 3. The number of aryl methyl sites for hydroxylation is 1. The molecule has 0 fully saturated rings. The molecule has 2 aromatic heterocycles. The van der Waals surface area contributed by atoms with Crippen LogP contribution in [0.2, 0.25) is 0 Å². The van der Waals surface area contributed by atoms with Crippen LogP contribution < -0.4 is 5.32 Å². The molecule has 3 N–H and O–H groups in total. The zero-order valence-electron chi connectivity index (χ0n) is 25.2. The summed E-state index contributed by atoms with van der Waals surface area (Å²) in [6, 6.07) is 20.7. The maximum atomic E-state index is 13.9. The van der Waals surface area contributed by atoms with Crippen LogP contribution in [0.25, 0.3) is 27.4 Å². The first-order chi connectivity index (χ1) is 21.3. The van der Waals surface area contributed by atoms with Crippen molar-refractivity contribution in [2.75, 3.05) is 26.2 Å². The van der Waals surface area contributed by atoms with E-state index in [4.69, 9.17) is 0 Å². The van der Waals surface area contributed by atoms with Gasteiger partial charge in [0.05, 0.1) is 12.6 Å². The minimum atomic E-state index is -0.272. The molecular formula is C36H38FN5O2. The Balaban J connectivity index is 1.16. The van der Waals surface area contributed by atoms with Crippen molar-refractivity contribution in [2.24, 2.45) is 0 Å². The number of fused-ring (bicyclic) bond motifs is 2. The Hall–Kier alpha value is -4.69. The van der Waals surface area contributed by atoms with Gasteiger partial charge in [-0.05, 0) is 66.3 Å². The lowest BCUT2D eigenvalue weighted by Crippen LogP contribution is -2.49.